The first-order valence-corrected chi connectivity index (χ1v) is 14.2. The van der Waals surface area contributed by atoms with Gasteiger partial charge >= 0.3 is 0 Å². The molecular formula is C27H39NOS2. The monoisotopic (exact) mass is 457 g/mol. The minimum absolute atomic E-state index is 0.463. The molecule has 1 aliphatic rings. The highest BCUT2D eigenvalue weighted by atomic mass is 32.1. The van der Waals surface area contributed by atoms with E-state index in [-0.39, 0.29) is 0 Å². The zero-order valence-corrected chi connectivity index (χ0v) is 20.9. The van der Waals surface area contributed by atoms with Gasteiger partial charge in [0.15, 0.2) is 0 Å². The summed E-state index contributed by atoms with van der Waals surface area (Å²) >= 11 is 3.55. The van der Waals surface area contributed by atoms with E-state index in [2.05, 4.69) is 45.5 Å². The number of Topliss-reactive ketones (excluding diaryl/α,β-unsaturated/α-hetero) is 1. The Kier molecular flexibility index (Phi) is 11.0. The van der Waals surface area contributed by atoms with Crippen molar-refractivity contribution in [3.63, 3.8) is 0 Å². The Morgan fingerprint density at radius 3 is 1.97 bits per heavy atom. The van der Waals surface area contributed by atoms with Crippen molar-refractivity contribution in [2.75, 3.05) is 19.6 Å². The zero-order valence-electron chi connectivity index (χ0n) is 19.2. The van der Waals surface area contributed by atoms with Gasteiger partial charge in [-0.25, -0.2) is 0 Å². The van der Waals surface area contributed by atoms with E-state index >= 15 is 0 Å². The first kappa shape index (κ1) is 24.4. The zero-order chi connectivity index (χ0) is 21.7. The molecule has 31 heavy (non-hydrogen) atoms. The number of carbonyl (C=O) groups excluding carboxylic acids is 1. The molecular weight excluding hydrogens is 418 g/mol. The third-order valence-corrected chi connectivity index (χ3v) is 7.82. The van der Waals surface area contributed by atoms with E-state index in [9.17, 15) is 4.79 Å². The van der Waals surface area contributed by atoms with Gasteiger partial charge in [0.1, 0.15) is 5.78 Å². The SMILES string of the molecule is CCCCCCCCCCC(=O)CCN1CCC(=C(c2ccsc2)c2ccsc2)CC1. The van der Waals surface area contributed by atoms with E-state index < -0.39 is 0 Å². The quantitative estimate of drug-likeness (QED) is 0.266. The lowest BCUT2D eigenvalue weighted by Gasteiger charge is -2.29. The summed E-state index contributed by atoms with van der Waals surface area (Å²) in [6.45, 7) is 5.37. The molecule has 170 valence electrons. The van der Waals surface area contributed by atoms with E-state index in [1.807, 2.05) is 0 Å². The highest BCUT2D eigenvalue weighted by molar-refractivity contribution is 7.08. The molecule has 2 nitrogen and oxygen atoms in total. The lowest BCUT2D eigenvalue weighted by Crippen LogP contribution is -2.33. The Morgan fingerprint density at radius 2 is 1.42 bits per heavy atom. The van der Waals surface area contributed by atoms with Gasteiger partial charge in [0.05, 0.1) is 0 Å². The normalized spacial score (nSPS) is 14.8. The van der Waals surface area contributed by atoms with Gasteiger partial charge in [-0.05, 0) is 69.6 Å². The molecule has 4 heteroatoms. The van der Waals surface area contributed by atoms with E-state index in [1.54, 1.807) is 28.2 Å². The fraction of sp³-hybridized carbons (Fsp3) is 0.593. The largest absolute Gasteiger partial charge is 0.302 e. The molecule has 0 N–H and O–H groups in total. The number of rotatable bonds is 14. The molecule has 0 saturated carbocycles. The third-order valence-electron chi connectivity index (χ3n) is 6.45. The average Bonchev–Trinajstić information content (AvgIpc) is 3.50. The number of unbranched alkanes of at least 4 members (excludes halogenated alkanes) is 7. The summed E-state index contributed by atoms with van der Waals surface area (Å²) < 4.78 is 0. The summed E-state index contributed by atoms with van der Waals surface area (Å²) in [6.07, 6.45) is 14.1. The second-order valence-electron chi connectivity index (χ2n) is 8.86. The van der Waals surface area contributed by atoms with Crippen LogP contribution < -0.4 is 0 Å². The highest BCUT2D eigenvalue weighted by Crippen LogP contribution is 2.34. The standard InChI is InChI=1S/C27H39NOS2/c1-2-3-4-5-6-7-8-9-10-26(29)13-18-28-16-11-23(12-17-28)27(24-14-19-30-21-24)25-15-20-31-22-25/h14-15,19-22H,2-13,16-18H2,1H3. The number of carbonyl (C=O) groups is 1. The van der Waals surface area contributed by atoms with E-state index in [1.165, 1.54) is 61.6 Å². The maximum atomic E-state index is 12.3. The molecule has 0 aromatic carbocycles. The molecule has 0 atom stereocenters. The number of thiophene rings is 2. The number of nitrogens with zero attached hydrogens (tertiary/aromatic N) is 1. The van der Waals surface area contributed by atoms with Gasteiger partial charge in [-0.15, -0.1) is 0 Å². The molecule has 1 fully saturated rings. The molecule has 2 aromatic heterocycles. The average molecular weight is 458 g/mol. The smallest absolute Gasteiger partial charge is 0.134 e. The molecule has 3 rings (SSSR count). The number of likely N-dealkylation sites (tertiary alicyclic amines) is 1. The number of piperidine rings is 1. The van der Waals surface area contributed by atoms with Crippen LogP contribution in [0.5, 0.6) is 0 Å². The first-order chi connectivity index (χ1) is 15.3. The predicted molar refractivity (Wildman–Crippen MR) is 137 cm³/mol. The van der Waals surface area contributed by atoms with Crippen molar-refractivity contribution in [1.82, 2.24) is 4.90 Å². The molecule has 2 aromatic rings. The van der Waals surface area contributed by atoms with E-state index in [4.69, 9.17) is 0 Å². The fourth-order valence-corrected chi connectivity index (χ4v) is 5.84. The van der Waals surface area contributed by atoms with Crippen molar-refractivity contribution < 1.29 is 4.79 Å². The fourth-order valence-electron chi connectivity index (χ4n) is 4.55. The molecule has 0 amide bonds. The molecule has 0 radical (unpaired) electrons. The molecule has 3 heterocycles. The van der Waals surface area contributed by atoms with Crippen LogP contribution in [-0.2, 0) is 4.79 Å². The van der Waals surface area contributed by atoms with Crippen LogP contribution in [0.3, 0.4) is 0 Å². The summed E-state index contributed by atoms with van der Waals surface area (Å²) in [5, 5.41) is 8.90. The number of ketones is 1. The van der Waals surface area contributed by atoms with Gasteiger partial charge in [0.2, 0.25) is 0 Å². The van der Waals surface area contributed by atoms with Crippen molar-refractivity contribution in [3.8, 4) is 0 Å². The van der Waals surface area contributed by atoms with Crippen molar-refractivity contribution in [2.24, 2.45) is 0 Å². The van der Waals surface area contributed by atoms with Crippen LogP contribution in [0.2, 0.25) is 0 Å². The first-order valence-electron chi connectivity index (χ1n) is 12.3. The second kappa shape index (κ2) is 14.0. The summed E-state index contributed by atoms with van der Waals surface area (Å²) in [6, 6.07) is 4.50. The maximum absolute atomic E-state index is 12.3. The van der Waals surface area contributed by atoms with Gasteiger partial charge in [0, 0.05) is 32.5 Å². The Morgan fingerprint density at radius 1 is 0.839 bits per heavy atom. The summed E-state index contributed by atoms with van der Waals surface area (Å²) in [4.78, 5) is 14.8. The topological polar surface area (TPSA) is 20.3 Å². The maximum Gasteiger partial charge on any atom is 0.134 e. The van der Waals surface area contributed by atoms with Gasteiger partial charge in [0.25, 0.3) is 0 Å². The van der Waals surface area contributed by atoms with Gasteiger partial charge < -0.3 is 4.90 Å². The van der Waals surface area contributed by atoms with Crippen LogP contribution >= 0.6 is 22.7 Å². The van der Waals surface area contributed by atoms with Crippen LogP contribution in [0.1, 0.15) is 95.1 Å². The lowest BCUT2D eigenvalue weighted by molar-refractivity contribution is -0.119. The van der Waals surface area contributed by atoms with Crippen molar-refractivity contribution in [2.45, 2.75) is 84.0 Å². The van der Waals surface area contributed by atoms with Crippen LogP contribution in [0, 0.1) is 0 Å². The van der Waals surface area contributed by atoms with E-state index in [0.29, 0.717) is 5.78 Å². The molecule has 0 bridgehead atoms. The molecule has 0 aliphatic carbocycles. The Balaban J connectivity index is 1.35. The van der Waals surface area contributed by atoms with Crippen LogP contribution in [0.4, 0.5) is 0 Å². The lowest BCUT2D eigenvalue weighted by atomic mass is 9.91. The van der Waals surface area contributed by atoms with Crippen molar-refractivity contribution >= 4 is 34.0 Å². The van der Waals surface area contributed by atoms with Gasteiger partial charge in [-0.3, -0.25) is 4.79 Å². The molecule has 1 aliphatic heterocycles. The molecule has 0 unspecified atom stereocenters. The minimum atomic E-state index is 0.463. The van der Waals surface area contributed by atoms with E-state index in [0.717, 1.165) is 51.7 Å². The Labute approximate surface area is 197 Å². The molecule has 1 saturated heterocycles. The summed E-state index contributed by atoms with van der Waals surface area (Å²) in [5.74, 6) is 0.463. The Hall–Kier alpha value is -1.23. The number of hydrogen-bond donors (Lipinski definition) is 0. The summed E-state index contributed by atoms with van der Waals surface area (Å²) in [5.41, 5.74) is 5.77. The molecule has 0 spiro atoms. The van der Waals surface area contributed by atoms with Gasteiger partial charge in [-0.2, -0.15) is 22.7 Å². The highest BCUT2D eigenvalue weighted by Gasteiger charge is 2.20. The van der Waals surface area contributed by atoms with Crippen molar-refractivity contribution in [3.05, 3.63) is 50.4 Å². The predicted octanol–water partition coefficient (Wildman–Crippen LogP) is 8.20. The summed E-state index contributed by atoms with van der Waals surface area (Å²) in [7, 11) is 0. The van der Waals surface area contributed by atoms with Gasteiger partial charge in [-0.1, -0.05) is 57.4 Å². The van der Waals surface area contributed by atoms with Crippen LogP contribution in [0.15, 0.2) is 39.2 Å². The third kappa shape index (κ3) is 8.32. The van der Waals surface area contributed by atoms with Crippen LogP contribution in [0.25, 0.3) is 5.57 Å². The minimum Gasteiger partial charge on any atom is -0.302 e. The second-order valence-corrected chi connectivity index (χ2v) is 10.4. The van der Waals surface area contributed by atoms with Crippen LogP contribution in [-0.4, -0.2) is 30.3 Å². The number of hydrogen-bond acceptors (Lipinski definition) is 4. The Bertz CT molecular complexity index is 730. The van der Waals surface area contributed by atoms with Crippen molar-refractivity contribution in [1.29, 1.82) is 0 Å².